The molecule has 0 unspecified atom stereocenters. The van der Waals surface area contributed by atoms with Gasteiger partial charge in [0, 0.05) is 17.7 Å². The van der Waals surface area contributed by atoms with Gasteiger partial charge in [-0.15, -0.1) is 0 Å². The molecule has 1 heterocycles. The quantitative estimate of drug-likeness (QED) is 0.678. The number of para-hydroxylation sites is 2. The van der Waals surface area contributed by atoms with Crippen LogP contribution in [0.2, 0.25) is 0 Å². The van der Waals surface area contributed by atoms with Gasteiger partial charge in [0.05, 0.1) is 11.7 Å². The van der Waals surface area contributed by atoms with E-state index in [4.69, 9.17) is 9.88 Å². The molecule has 0 bridgehead atoms. The van der Waals surface area contributed by atoms with Crippen LogP contribution in [0.3, 0.4) is 0 Å². The molecule has 3 aromatic carbocycles. The van der Waals surface area contributed by atoms with E-state index in [0.717, 1.165) is 16.7 Å². The second-order valence-corrected chi connectivity index (χ2v) is 8.57. The number of hydrogen-bond donors (Lipinski definition) is 2. The predicted molar refractivity (Wildman–Crippen MR) is 110 cm³/mol. The number of sulfonamides is 1. The van der Waals surface area contributed by atoms with Crippen molar-refractivity contribution < 1.29 is 17.9 Å². The summed E-state index contributed by atoms with van der Waals surface area (Å²) in [7, 11) is -3.57. The Kier molecular flexibility index (Phi) is 5.08. The molecule has 0 aliphatic carbocycles. The predicted octanol–water partition coefficient (Wildman–Crippen LogP) is 3.03. The minimum Gasteiger partial charge on any atom is -0.457 e. The molecular formula is C22H20N2O4S. The van der Waals surface area contributed by atoms with Crippen LogP contribution >= 0.6 is 0 Å². The lowest BCUT2D eigenvalue weighted by atomic mass is 9.87. The van der Waals surface area contributed by atoms with Gasteiger partial charge in [0.2, 0.25) is 15.9 Å². The van der Waals surface area contributed by atoms with Crippen LogP contribution in [0.15, 0.2) is 72.8 Å². The monoisotopic (exact) mass is 408 g/mol. The minimum atomic E-state index is -3.57. The number of amides is 1. The van der Waals surface area contributed by atoms with E-state index in [1.165, 1.54) is 0 Å². The Hall–Kier alpha value is -3.16. The van der Waals surface area contributed by atoms with Crippen molar-refractivity contribution in [3.05, 3.63) is 95.1 Å². The van der Waals surface area contributed by atoms with Gasteiger partial charge >= 0.3 is 0 Å². The standard InChI is InChI=1S/C22H20N2O4S/c23-29(26,27)14-16-11-9-15(10-12-16)13-24-22(25)21-17-5-1-3-7-19(17)28-20-8-4-2-6-18(20)21/h1-12,21H,13-14H2,(H,24,25)(H2,23,26,27). The number of benzene rings is 3. The number of carbonyl (C=O) groups is 1. The van der Waals surface area contributed by atoms with Gasteiger partial charge < -0.3 is 10.1 Å². The number of hydrogen-bond acceptors (Lipinski definition) is 4. The molecule has 1 aliphatic rings. The second-order valence-electron chi connectivity index (χ2n) is 6.95. The van der Waals surface area contributed by atoms with Gasteiger partial charge in [-0.1, -0.05) is 60.7 Å². The summed E-state index contributed by atoms with van der Waals surface area (Å²) >= 11 is 0. The molecule has 3 N–H and O–H groups in total. The van der Waals surface area contributed by atoms with Crippen LogP contribution in [0, 0.1) is 0 Å². The fourth-order valence-electron chi connectivity index (χ4n) is 3.47. The van der Waals surface area contributed by atoms with E-state index >= 15 is 0 Å². The van der Waals surface area contributed by atoms with E-state index in [1.807, 2.05) is 48.5 Å². The lowest BCUT2D eigenvalue weighted by Gasteiger charge is -2.27. The summed E-state index contributed by atoms with van der Waals surface area (Å²) < 4.78 is 28.3. The Morgan fingerprint density at radius 2 is 1.38 bits per heavy atom. The summed E-state index contributed by atoms with van der Waals surface area (Å²) in [6.45, 7) is 0.330. The maximum atomic E-state index is 13.1. The lowest BCUT2D eigenvalue weighted by Crippen LogP contribution is -2.31. The van der Waals surface area contributed by atoms with E-state index in [2.05, 4.69) is 5.32 Å². The third-order valence-electron chi connectivity index (χ3n) is 4.80. The Morgan fingerprint density at radius 1 is 0.862 bits per heavy atom. The first-order valence-electron chi connectivity index (χ1n) is 9.12. The first-order valence-corrected chi connectivity index (χ1v) is 10.8. The largest absolute Gasteiger partial charge is 0.457 e. The smallest absolute Gasteiger partial charge is 0.232 e. The van der Waals surface area contributed by atoms with E-state index in [1.54, 1.807) is 24.3 Å². The van der Waals surface area contributed by atoms with Gasteiger partial charge in [-0.2, -0.15) is 0 Å². The van der Waals surface area contributed by atoms with Gasteiger partial charge in [-0.25, -0.2) is 13.6 Å². The van der Waals surface area contributed by atoms with Crippen molar-refractivity contribution in [2.75, 3.05) is 0 Å². The topological polar surface area (TPSA) is 98.5 Å². The maximum Gasteiger partial charge on any atom is 0.232 e. The lowest BCUT2D eigenvalue weighted by molar-refractivity contribution is -0.122. The van der Waals surface area contributed by atoms with E-state index < -0.39 is 15.9 Å². The molecule has 3 aromatic rings. The van der Waals surface area contributed by atoms with E-state index in [0.29, 0.717) is 23.6 Å². The molecule has 1 aliphatic heterocycles. The number of carbonyl (C=O) groups excluding carboxylic acids is 1. The van der Waals surface area contributed by atoms with Gasteiger partial charge in [0.15, 0.2) is 0 Å². The molecule has 0 aromatic heterocycles. The zero-order chi connectivity index (χ0) is 20.4. The first-order chi connectivity index (χ1) is 13.9. The van der Waals surface area contributed by atoms with Crippen molar-refractivity contribution in [3.63, 3.8) is 0 Å². The summed E-state index contributed by atoms with van der Waals surface area (Å²) in [6.07, 6.45) is 0. The maximum absolute atomic E-state index is 13.1. The summed E-state index contributed by atoms with van der Waals surface area (Å²) in [5.74, 6) is 0.562. The van der Waals surface area contributed by atoms with Gasteiger partial charge in [-0.3, -0.25) is 4.79 Å². The van der Waals surface area contributed by atoms with Crippen LogP contribution in [0.25, 0.3) is 0 Å². The normalized spacial score (nSPS) is 13.1. The number of rotatable bonds is 5. The SMILES string of the molecule is NS(=O)(=O)Cc1ccc(CNC(=O)C2c3ccccc3Oc3ccccc32)cc1. The molecule has 0 atom stereocenters. The third-order valence-corrected chi connectivity index (χ3v) is 5.54. The van der Waals surface area contributed by atoms with E-state index in [9.17, 15) is 13.2 Å². The zero-order valence-electron chi connectivity index (χ0n) is 15.5. The zero-order valence-corrected chi connectivity index (χ0v) is 16.4. The highest BCUT2D eigenvalue weighted by molar-refractivity contribution is 7.88. The van der Waals surface area contributed by atoms with Crippen LogP contribution in [0.4, 0.5) is 0 Å². The molecule has 1 amide bonds. The van der Waals surface area contributed by atoms with Crippen molar-refractivity contribution in [2.45, 2.75) is 18.2 Å². The van der Waals surface area contributed by atoms with Gasteiger partial charge in [0.1, 0.15) is 11.5 Å². The van der Waals surface area contributed by atoms with Crippen LogP contribution in [-0.2, 0) is 27.1 Å². The molecule has 148 valence electrons. The van der Waals surface area contributed by atoms with Crippen molar-refractivity contribution in [2.24, 2.45) is 5.14 Å². The first kappa shape index (κ1) is 19.2. The van der Waals surface area contributed by atoms with Crippen molar-refractivity contribution in [3.8, 4) is 11.5 Å². The Labute approximate surface area is 169 Å². The van der Waals surface area contributed by atoms with Crippen molar-refractivity contribution in [1.29, 1.82) is 0 Å². The molecule has 0 radical (unpaired) electrons. The third kappa shape index (κ3) is 4.31. The summed E-state index contributed by atoms with van der Waals surface area (Å²) in [5, 5.41) is 8.05. The van der Waals surface area contributed by atoms with Crippen molar-refractivity contribution >= 4 is 15.9 Å². The Bertz CT molecular complexity index is 1110. The highest BCUT2D eigenvalue weighted by Crippen LogP contribution is 2.43. The van der Waals surface area contributed by atoms with Gasteiger partial charge in [-0.05, 0) is 23.3 Å². The summed E-state index contributed by atoms with van der Waals surface area (Å²) in [4.78, 5) is 13.1. The van der Waals surface area contributed by atoms with Crippen LogP contribution in [0.1, 0.15) is 28.2 Å². The summed E-state index contributed by atoms with van der Waals surface area (Å²) in [5.41, 5.74) is 3.12. The molecule has 6 nitrogen and oxygen atoms in total. The Morgan fingerprint density at radius 3 is 1.93 bits per heavy atom. The molecule has 4 rings (SSSR count). The van der Waals surface area contributed by atoms with Crippen LogP contribution < -0.4 is 15.2 Å². The Balaban J connectivity index is 1.52. The molecule has 7 heteroatoms. The molecule has 0 fully saturated rings. The molecular weight excluding hydrogens is 388 g/mol. The van der Waals surface area contributed by atoms with Crippen LogP contribution in [0.5, 0.6) is 11.5 Å². The number of nitrogens with two attached hydrogens (primary N) is 1. The highest BCUT2D eigenvalue weighted by atomic mass is 32.2. The van der Waals surface area contributed by atoms with E-state index in [-0.39, 0.29) is 11.7 Å². The minimum absolute atomic E-state index is 0.123. The summed E-state index contributed by atoms with van der Waals surface area (Å²) in [6, 6.07) is 22.0. The molecule has 0 spiro atoms. The number of nitrogens with one attached hydrogen (secondary N) is 1. The fraction of sp³-hybridized carbons (Fsp3) is 0.136. The molecule has 0 saturated heterocycles. The fourth-order valence-corrected chi connectivity index (χ4v) is 4.13. The van der Waals surface area contributed by atoms with Gasteiger partial charge in [0.25, 0.3) is 0 Å². The number of primary sulfonamides is 1. The average molecular weight is 408 g/mol. The molecule has 29 heavy (non-hydrogen) atoms. The highest BCUT2D eigenvalue weighted by Gasteiger charge is 2.32. The molecule has 0 saturated carbocycles. The van der Waals surface area contributed by atoms with Crippen molar-refractivity contribution in [1.82, 2.24) is 5.32 Å². The number of ether oxygens (including phenoxy) is 1. The average Bonchev–Trinajstić information content (AvgIpc) is 2.70. The number of fused-ring (bicyclic) bond motifs is 2. The van der Waals surface area contributed by atoms with Crippen LogP contribution in [-0.4, -0.2) is 14.3 Å². The second kappa shape index (κ2) is 7.69.